The zero-order valence-electron chi connectivity index (χ0n) is 19.9. The fourth-order valence-corrected chi connectivity index (χ4v) is 4.35. The fraction of sp³-hybridized carbons (Fsp3) is 0.500. The van der Waals surface area contributed by atoms with E-state index >= 15 is 0 Å². The summed E-state index contributed by atoms with van der Waals surface area (Å²) in [7, 11) is 0. The third-order valence-corrected chi connectivity index (χ3v) is 6.26. The minimum atomic E-state index is -0.208. The van der Waals surface area contributed by atoms with Gasteiger partial charge >= 0.3 is 0 Å². The number of likely N-dealkylation sites (tertiary alicyclic amines) is 1. The van der Waals surface area contributed by atoms with Crippen molar-refractivity contribution in [3.8, 4) is 11.5 Å². The summed E-state index contributed by atoms with van der Waals surface area (Å²) in [6.07, 6.45) is 7.49. The van der Waals surface area contributed by atoms with Crippen LogP contribution in [0.4, 0.5) is 5.82 Å². The highest BCUT2D eigenvalue weighted by Gasteiger charge is 2.19. The second-order valence-corrected chi connectivity index (χ2v) is 8.73. The number of carbonyl (C=O) groups excluding carboxylic acids is 2. The van der Waals surface area contributed by atoms with Crippen LogP contribution in [0.5, 0.6) is 11.5 Å². The molecule has 0 aliphatic carbocycles. The number of benzene rings is 1. The van der Waals surface area contributed by atoms with Gasteiger partial charge in [0.2, 0.25) is 0 Å². The van der Waals surface area contributed by atoms with Gasteiger partial charge in [-0.05, 0) is 68.9 Å². The first kappa shape index (κ1) is 23.9. The van der Waals surface area contributed by atoms with Crippen LogP contribution in [0.3, 0.4) is 0 Å². The smallest absolute Gasteiger partial charge is 0.260 e. The first-order valence-electron chi connectivity index (χ1n) is 12.3. The van der Waals surface area contributed by atoms with E-state index in [2.05, 4.69) is 15.2 Å². The lowest BCUT2D eigenvalue weighted by atomic mass is 10.1. The molecule has 0 radical (unpaired) electrons. The Morgan fingerprint density at radius 2 is 1.71 bits per heavy atom. The average Bonchev–Trinajstić information content (AvgIpc) is 3.42. The number of hydrogen-bond donors (Lipinski definition) is 1. The number of nitrogens with one attached hydrogen (secondary N) is 1. The lowest BCUT2D eigenvalue weighted by molar-refractivity contribution is -0.134. The molecule has 182 valence electrons. The molecular formula is C26H34N4O4. The van der Waals surface area contributed by atoms with Crippen molar-refractivity contribution in [3.05, 3.63) is 47.7 Å². The van der Waals surface area contributed by atoms with Crippen LogP contribution in [0.25, 0.3) is 0 Å². The summed E-state index contributed by atoms with van der Waals surface area (Å²) in [6.45, 7) is 6.33. The van der Waals surface area contributed by atoms with E-state index < -0.39 is 0 Å². The minimum absolute atomic E-state index is 0.0201. The molecule has 0 unspecified atom stereocenters. The van der Waals surface area contributed by atoms with Crippen molar-refractivity contribution in [1.82, 2.24) is 15.2 Å². The number of hydrogen-bond acceptors (Lipinski definition) is 6. The number of rotatable bonds is 9. The van der Waals surface area contributed by atoms with Gasteiger partial charge in [0.15, 0.2) is 18.1 Å². The fourth-order valence-electron chi connectivity index (χ4n) is 4.35. The SMILES string of the molecule is CCOc1cc(C(=O)NCc2ccc(N3CCCC3)nc2)ccc1OCC(=O)N1CCCCC1. The number of ether oxygens (including phenoxy) is 2. The molecule has 2 saturated heterocycles. The summed E-state index contributed by atoms with van der Waals surface area (Å²) >= 11 is 0. The summed E-state index contributed by atoms with van der Waals surface area (Å²) in [6, 6.07) is 9.05. The van der Waals surface area contributed by atoms with Gasteiger partial charge in [0.1, 0.15) is 5.82 Å². The number of pyridine rings is 1. The topological polar surface area (TPSA) is 84.0 Å². The summed E-state index contributed by atoms with van der Waals surface area (Å²) < 4.78 is 11.4. The van der Waals surface area contributed by atoms with Crippen LogP contribution in [0.2, 0.25) is 0 Å². The molecule has 0 saturated carbocycles. The van der Waals surface area contributed by atoms with Crippen molar-refractivity contribution in [2.24, 2.45) is 0 Å². The number of carbonyl (C=O) groups is 2. The van der Waals surface area contributed by atoms with Gasteiger partial charge in [0.05, 0.1) is 6.61 Å². The van der Waals surface area contributed by atoms with E-state index in [1.165, 1.54) is 19.3 Å². The molecule has 0 spiro atoms. The summed E-state index contributed by atoms with van der Waals surface area (Å²) in [5.41, 5.74) is 1.41. The highest BCUT2D eigenvalue weighted by molar-refractivity contribution is 5.94. The van der Waals surface area contributed by atoms with E-state index in [4.69, 9.17) is 9.47 Å². The number of amides is 2. The maximum absolute atomic E-state index is 12.7. The predicted molar refractivity (Wildman–Crippen MR) is 130 cm³/mol. The van der Waals surface area contributed by atoms with E-state index in [1.54, 1.807) is 18.2 Å². The predicted octanol–water partition coefficient (Wildman–Crippen LogP) is 3.40. The van der Waals surface area contributed by atoms with Gasteiger partial charge in [-0.3, -0.25) is 9.59 Å². The molecule has 34 heavy (non-hydrogen) atoms. The van der Waals surface area contributed by atoms with Gasteiger partial charge in [0.25, 0.3) is 11.8 Å². The maximum atomic E-state index is 12.7. The Labute approximate surface area is 201 Å². The van der Waals surface area contributed by atoms with Crippen molar-refractivity contribution in [2.45, 2.75) is 45.6 Å². The summed E-state index contributed by atoms with van der Waals surface area (Å²) in [5.74, 6) is 1.68. The van der Waals surface area contributed by atoms with Crippen molar-refractivity contribution >= 4 is 17.6 Å². The number of piperidine rings is 1. The first-order valence-corrected chi connectivity index (χ1v) is 12.3. The van der Waals surface area contributed by atoms with Gasteiger partial charge in [0, 0.05) is 44.5 Å². The summed E-state index contributed by atoms with van der Waals surface area (Å²) in [4.78, 5) is 33.8. The van der Waals surface area contributed by atoms with Crippen LogP contribution < -0.4 is 19.7 Å². The van der Waals surface area contributed by atoms with Crippen LogP contribution in [-0.4, -0.2) is 61.1 Å². The molecule has 2 aromatic rings. The van der Waals surface area contributed by atoms with Crippen LogP contribution >= 0.6 is 0 Å². The van der Waals surface area contributed by atoms with Crippen LogP contribution in [-0.2, 0) is 11.3 Å². The molecule has 1 aromatic carbocycles. The zero-order chi connectivity index (χ0) is 23.8. The maximum Gasteiger partial charge on any atom is 0.260 e. The van der Waals surface area contributed by atoms with Crippen LogP contribution in [0.1, 0.15) is 54.9 Å². The molecule has 8 nitrogen and oxygen atoms in total. The van der Waals surface area contributed by atoms with Crippen LogP contribution in [0, 0.1) is 0 Å². The largest absolute Gasteiger partial charge is 0.490 e. The zero-order valence-corrected chi connectivity index (χ0v) is 19.9. The van der Waals surface area contributed by atoms with Crippen molar-refractivity contribution in [1.29, 1.82) is 0 Å². The highest BCUT2D eigenvalue weighted by Crippen LogP contribution is 2.29. The monoisotopic (exact) mass is 466 g/mol. The first-order chi connectivity index (χ1) is 16.6. The molecule has 3 heterocycles. The highest BCUT2D eigenvalue weighted by atomic mass is 16.5. The lowest BCUT2D eigenvalue weighted by Crippen LogP contribution is -2.38. The molecule has 2 amide bonds. The Hall–Kier alpha value is -3.29. The molecular weight excluding hydrogens is 432 g/mol. The Balaban J connectivity index is 1.33. The minimum Gasteiger partial charge on any atom is -0.490 e. The van der Waals surface area contributed by atoms with Crippen molar-refractivity contribution in [2.75, 3.05) is 44.3 Å². The molecule has 0 atom stereocenters. The Morgan fingerprint density at radius 3 is 2.41 bits per heavy atom. The average molecular weight is 467 g/mol. The van der Waals surface area contributed by atoms with Crippen LogP contribution in [0.15, 0.2) is 36.5 Å². The molecule has 2 aliphatic rings. The molecule has 1 aromatic heterocycles. The second kappa shape index (κ2) is 11.7. The molecule has 1 N–H and O–H groups in total. The molecule has 4 rings (SSSR count). The Morgan fingerprint density at radius 1 is 0.941 bits per heavy atom. The number of anilines is 1. The van der Waals surface area contributed by atoms with Crippen molar-refractivity contribution in [3.63, 3.8) is 0 Å². The third-order valence-electron chi connectivity index (χ3n) is 6.26. The quantitative estimate of drug-likeness (QED) is 0.610. The summed E-state index contributed by atoms with van der Waals surface area (Å²) in [5, 5.41) is 2.94. The number of nitrogens with zero attached hydrogens (tertiary/aromatic N) is 3. The molecule has 2 fully saturated rings. The van der Waals surface area contributed by atoms with E-state index in [0.29, 0.717) is 30.2 Å². The van der Waals surface area contributed by atoms with Gasteiger partial charge < -0.3 is 24.6 Å². The molecule has 8 heteroatoms. The third kappa shape index (κ3) is 6.18. The van der Waals surface area contributed by atoms with E-state index in [-0.39, 0.29) is 18.4 Å². The van der Waals surface area contributed by atoms with Gasteiger partial charge in [-0.2, -0.15) is 0 Å². The van der Waals surface area contributed by atoms with E-state index in [0.717, 1.165) is 50.4 Å². The molecule has 0 bridgehead atoms. The number of aromatic nitrogens is 1. The lowest BCUT2D eigenvalue weighted by Gasteiger charge is -2.26. The Bertz CT molecular complexity index is 967. The van der Waals surface area contributed by atoms with Crippen molar-refractivity contribution < 1.29 is 19.1 Å². The molecule has 2 aliphatic heterocycles. The van der Waals surface area contributed by atoms with Gasteiger partial charge in [-0.25, -0.2) is 4.98 Å². The second-order valence-electron chi connectivity index (χ2n) is 8.73. The van der Waals surface area contributed by atoms with E-state index in [1.807, 2.05) is 30.2 Å². The standard InChI is InChI=1S/C26H34N4O4/c1-2-33-23-16-21(9-10-22(23)34-19-25(31)30-14-4-3-5-15-30)26(32)28-18-20-8-11-24(27-17-20)29-12-6-7-13-29/h8-11,16-17H,2-7,12-15,18-19H2,1H3,(H,28,32). The van der Waals surface area contributed by atoms with E-state index in [9.17, 15) is 9.59 Å². The van der Waals surface area contributed by atoms with Gasteiger partial charge in [-0.15, -0.1) is 0 Å². The Kier molecular flexibility index (Phi) is 8.22. The van der Waals surface area contributed by atoms with Gasteiger partial charge in [-0.1, -0.05) is 6.07 Å². The normalized spacial score (nSPS) is 15.8.